The summed E-state index contributed by atoms with van der Waals surface area (Å²) in [6, 6.07) is 9.14. The maximum atomic E-state index is 9.31. The normalized spacial score (nSPS) is 20.5. The highest BCUT2D eigenvalue weighted by Crippen LogP contribution is 2.34. The highest BCUT2D eigenvalue weighted by molar-refractivity contribution is 5.85. The molecule has 1 fully saturated rings. The molecule has 0 spiro atoms. The van der Waals surface area contributed by atoms with Gasteiger partial charge >= 0.3 is 0 Å². The molecule has 1 atom stereocenters. The number of hydrogen-bond acceptors (Lipinski definition) is 4. The van der Waals surface area contributed by atoms with Crippen LogP contribution in [0.1, 0.15) is 44.5 Å². The zero-order chi connectivity index (χ0) is 20.7. The van der Waals surface area contributed by atoms with Crippen LogP contribution in [0.5, 0.6) is 0 Å². The number of rotatable bonds is 6. The summed E-state index contributed by atoms with van der Waals surface area (Å²) in [4.78, 5) is 10.0. The van der Waals surface area contributed by atoms with Crippen molar-refractivity contribution in [3.05, 3.63) is 65.7 Å². The predicted molar refractivity (Wildman–Crippen MR) is 127 cm³/mol. The molecule has 1 unspecified atom stereocenters. The highest BCUT2D eigenvalue weighted by Gasteiger charge is 2.35. The fraction of sp³-hybridized carbons (Fsp3) is 0.440. The number of aromatic nitrogens is 2. The van der Waals surface area contributed by atoms with Gasteiger partial charge < -0.3 is 9.47 Å². The quantitative estimate of drug-likeness (QED) is 0.641. The molecule has 5 nitrogen and oxygen atoms in total. The second kappa shape index (κ2) is 8.90. The fourth-order valence-electron chi connectivity index (χ4n) is 4.49. The van der Waals surface area contributed by atoms with Gasteiger partial charge in [0.25, 0.3) is 0 Å². The average Bonchev–Trinajstić information content (AvgIpc) is 3.54. The third-order valence-electron chi connectivity index (χ3n) is 6.33. The molecule has 0 bridgehead atoms. The molecule has 162 valence electrons. The van der Waals surface area contributed by atoms with E-state index in [4.69, 9.17) is 4.98 Å². The molecule has 31 heavy (non-hydrogen) atoms. The van der Waals surface area contributed by atoms with Crippen LogP contribution in [0.3, 0.4) is 0 Å². The molecular formula is C25H30ClN5. The van der Waals surface area contributed by atoms with Crippen molar-refractivity contribution in [3.63, 3.8) is 0 Å². The van der Waals surface area contributed by atoms with E-state index in [1.807, 2.05) is 12.1 Å². The Bertz CT molecular complexity index is 1080. The number of halogens is 1. The Morgan fingerprint density at radius 2 is 2.06 bits per heavy atom. The maximum Gasteiger partial charge on any atom is 0.124 e. The van der Waals surface area contributed by atoms with Gasteiger partial charge in [-0.2, -0.15) is 5.26 Å². The first-order valence-electron chi connectivity index (χ1n) is 11.1. The summed E-state index contributed by atoms with van der Waals surface area (Å²) in [5.74, 6) is 1.73. The Balaban J connectivity index is 0.00000231. The largest absolute Gasteiger partial charge is 0.361 e. The summed E-state index contributed by atoms with van der Waals surface area (Å²) in [6.07, 6.45) is 14.9. The van der Waals surface area contributed by atoms with Crippen molar-refractivity contribution >= 4 is 23.4 Å². The minimum Gasteiger partial charge on any atom is -0.361 e. The second-order valence-corrected chi connectivity index (χ2v) is 9.13. The first-order chi connectivity index (χ1) is 14.6. The summed E-state index contributed by atoms with van der Waals surface area (Å²) in [7, 11) is 0. The number of imidazole rings is 1. The van der Waals surface area contributed by atoms with Crippen LogP contribution in [0.15, 0.2) is 54.3 Å². The molecule has 0 radical (unpaired) electrons. The summed E-state index contributed by atoms with van der Waals surface area (Å²) in [5, 5.41) is 9.31. The van der Waals surface area contributed by atoms with Crippen LogP contribution < -0.4 is 0 Å². The van der Waals surface area contributed by atoms with E-state index in [2.05, 4.69) is 70.9 Å². The Morgan fingerprint density at radius 1 is 1.23 bits per heavy atom. The molecule has 2 aliphatic carbocycles. The van der Waals surface area contributed by atoms with Gasteiger partial charge in [-0.25, -0.2) is 4.98 Å². The zero-order valence-electron chi connectivity index (χ0n) is 18.2. The third-order valence-corrected chi connectivity index (χ3v) is 6.33. The Morgan fingerprint density at radius 3 is 2.81 bits per heavy atom. The smallest absolute Gasteiger partial charge is 0.124 e. The van der Waals surface area contributed by atoms with Gasteiger partial charge in [0.05, 0.1) is 41.9 Å². The molecule has 2 aromatic rings. The Hall–Kier alpha value is -2.55. The lowest BCUT2D eigenvalue weighted by atomic mass is 9.99. The van der Waals surface area contributed by atoms with Gasteiger partial charge in [0.1, 0.15) is 5.82 Å². The van der Waals surface area contributed by atoms with E-state index in [0.717, 1.165) is 43.0 Å². The summed E-state index contributed by atoms with van der Waals surface area (Å²) in [6.45, 7) is 7.23. The molecule has 0 amide bonds. The molecule has 2 heterocycles. The van der Waals surface area contributed by atoms with Crippen LogP contribution in [0.4, 0.5) is 0 Å². The van der Waals surface area contributed by atoms with E-state index in [9.17, 15) is 5.26 Å². The Labute approximate surface area is 190 Å². The van der Waals surface area contributed by atoms with Crippen molar-refractivity contribution in [2.75, 3.05) is 6.67 Å². The van der Waals surface area contributed by atoms with Crippen LogP contribution in [0.25, 0.3) is 11.0 Å². The standard InChI is InChI=1S/C25H29N5.ClH/c1-18(2)11-12-30-24-10-7-19(14-26)13-22(24)27-25(30)16-29-17-28(21-8-9-21)15-20-5-3-4-6-23(20)29;/h3-7,10,13,15,18,21,23H,8-9,11-12,16-17H2,1-2H3;1H. The van der Waals surface area contributed by atoms with Crippen molar-refractivity contribution in [3.8, 4) is 6.07 Å². The number of fused-ring (bicyclic) bond motifs is 2. The summed E-state index contributed by atoms with van der Waals surface area (Å²) >= 11 is 0. The lowest BCUT2D eigenvalue weighted by Crippen LogP contribution is -2.47. The fourth-order valence-corrected chi connectivity index (χ4v) is 4.49. The van der Waals surface area contributed by atoms with E-state index in [-0.39, 0.29) is 12.4 Å². The number of aryl methyl sites for hydroxylation is 1. The minimum atomic E-state index is 0. The monoisotopic (exact) mass is 435 g/mol. The molecule has 0 N–H and O–H groups in total. The van der Waals surface area contributed by atoms with Gasteiger partial charge in [-0.05, 0) is 49.0 Å². The second-order valence-electron chi connectivity index (χ2n) is 9.13. The average molecular weight is 436 g/mol. The predicted octanol–water partition coefficient (Wildman–Crippen LogP) is 4.99. The lowest BCUT2D eigenvalue weighted by molar-refractivity contribution is 0.120. The van der Waals surface area contributed by atoms with E-state index in [1.165, 1.54) is 18.4 Å². The summed E-state index contributed by atoms with van der Waals surface area (Å²) < 4.78 is 2.37. The minimum absolute atomic E-state index is 0. The van der Waals surface area contributed by atoms with Gasteiger partial charge in [-0.1, -0.05) is 38.2 Å². The van der Waals surface area contributed by atoms with Crippen molar-refractivity contribution in [2.24, 2.45) is 5.92 Å². The number of hydrogen-bond donors (Lipinski definition) is 0. The van der Waals surface area contributed by atoms with Crippen LogP contribution >= 0.6 is 12.4 Å². The zero-order valence-corrected chi connectivity index (χ0v) is 19.1. The van der Waals surface area contributed by atoms with Gasteiger partial charge in [-0.15, -0.1) is 12.4 Å². The SMILES string of the molecule is CC(C)CCn1c(CN2CN(C3CC3)C=C3C=CC=CC32)nc2cc(C#N)ccc21.Cl. The number of nitrogens with zero attached hydrogens (tertiary/aromatic N) is 5. The van der Waals surface area contributed by atoms with Gasteiger partial charge in [0.2, 0.25) is 0 Å². The highest BCUT2D eigenvalue weighted by atomic mass is 35.5. The molecule has 1 aliphatic heterocycles. The molecular weight excluding hydrogens is 406 g/mol. The number of allylic oxidation sites excluding steroid dienone is 2. The third kappa shape index (κ3) is 4.42. The topological polar surface area (TPSA) is 48.1 Å². The number of benzene rings is 1. The van der Waals surface area contributed by atoms with Crippen molar-refractivity contribution < 1.29 is 0 Å². The van der Waals surface area contributed by atoms with E-state index >= 15 is 0 Å². The summed E-state index contributed by atoms with van der Waals surface area (Å²) in [5.41, 5.74) is 4.10. The van der Waals surface area contributed by atoms with Gasteiger partial charge in [0, 0.05) is 18.8 Å². The molecule has 1 saturated carbocycles. The maximum absolute atomic E-state index is 9.31. The number of nitriles is 1. The molecule has 3 aliphatic rings. The van der Waals surface area contributed by atoms with Crippen molar-refractivity contribution in [1.29, 1.82) is 5.26 Å². The van der Waals surface area contributed by atoms with Crippen LogP contribution in [0, 0.1) is 17.2 Å². The van der Waals surface area contributed by atoms with Gasteiger partial charge in [-0.3, -0.25) is 4.90 Å². The first-order valence-corrected chi connectivity index (χ1v) is 11.1. The van der Waals surface area contributed by atoms with Crippen LogP contribution in [-0.2, 0) is 13.1 Å². The van der Waals surface area contributed by atoms with Crippen molar-refractivity contribution in [1.82, 2.24) is 19.4 Å². The van der Waals surface area contributed by atoms with Crippen LogP contribution in [-0.4, -0.2) is 38.1 Å². The molecule has 5 rings (SSSR count). The molecule has 1 aromatic carbocycles. The van der Waals surface area contributed by atoms with Gasteiger partial charge in [0.15, 0.2) is 0 Å². The van der Waals surface area contributed by atoms with Crippen molar-refractivity contribution in [2.45, 2.75) is 58.3 Å². The Kier molecular flexibility index (Phi) is 6.22. The first kappa shape index (κ1) is 21.7. The lowest BCUT2D eigenvalue weighted by Gasteiger charge is -2.40. The van der Waals surface area contributed by atoms with Crippen LogP contribution in [0.2, 0.25) is 0 Å². The molecule has 6 heteroatoms. The molecule has 1 aromatic heterocycles. The van der Waals surface area contributed by atoms with E-state index < -0.39 is 0 Å². The molecule has 0 saturated heterocycles. The van der Waals surface area contributed by atoms with E-state index in [1.54, 1.807) is 0 Å². The van der Waals surface area contributed by atoms with E-state index in [0.29, 0.717) is 23.6 Å².